The molecule has 2 aliphatic carbocycles. The number of nitrogens with one attached hydrogen (secondary N) is 2. The Kier molecular flexibility index (Phi) is 7.71. The standard InChI is InChI=1S/C32H37N5O7/c1-41-31(40)23-12-20(23)16-42-22-13-26-24(34-15-22)3-5-29(39)37(26)11-10-32-8-6-19(7-9-32)25(17-44-32)33-14-21-2-4-27-30(35-21)36-28(38)18-43-27/h2-5,13,15,19-20,23,25,33H,6-12,14,16-18H2,1H3,(H,35,36,38). The molecule has 2 bridgehead atoms. The highest BCUT2D eigenvalue weighted by molar-refractivity contribution is 5.94. The molecule has 6 heterocycles. The highest BCUT2D eigenvalue weighted by Gasteiger charge is 2.45. The van der Waals surface area contributed by atoms with Crippen LogP contribution in [0.15, 0.2) is 41.3 Å². The fraction of sp³-hybridized carbons (Fsp3) is 0.531. The van der Waals surface area contributed by atoms with E-state index in [0.29, 0.717) is 49.5 Å². The van der Waals surface area contributed by atoms with Crippen LogP contribution in [0.2, 0.25) is 0 Å². The Morgan fingerprint density at radius 3 is 2.91 bits per heavy atom. The third-order valence-corrected chi connectivity index (χ3v) is 9.65. The Bertz CT molecular complexity index is 1630. The fourth-order valence-electron chi connectivity index (χ4n) is 6.85. The number of aromatic nitrogens is 3. The predicted octanol–water partition coefficient (Wildman–Crippen LogP) is 2.82. The topological polar surface area (TPSA) is 143 Å². The molecule has 4 fully saturated rings. The van der Waals surface area contributed by atoms with Crippen LogP contribution >= 0.6 is 0 Å². The zero-order valence-electron chi connectivity index (χ0n) is 24.8. The van der Waals surface area contributed by atoms with E-state index in [1.54, 1.807) is 22.9 Å². The second-order valence-corrected chi connectivity index (χ2v) is 12.4. The van der Waals surface area contributed by atoms with Gasteiger partial charge in [0, 0.05) is 37.2 Å². The van der Waals surface area contributed by atoms with Gasteiger partial charge in [-0.2, -0.15) is 0 Å². The molecule has 12 nitrogen and oxygen atoms in total. The van der Waals surface area contributed by atoms with Gasteiger partial charge < -0.3 is 34.1 Å². The maximum atomic E-state index is 13.0. The van der Waals surface area contributed by atoms with Crippen LogP contribution in [-0.4, -0.2) is 65.0 Å². The summed E-state index contributed by atoms with van der Waals surface area (Å²) in [6.07, 6.45) is 7.16. The Morgan fingerprint density at radius 2 is 2.07 bits per heavy atom. The van der Waals surface area contributed by atoms with Crippen LogP contribution in [0.5, 0.6) is 11.5 Å². The van der Waals surface area contributed by atoms with Crippen LogP contribution in [0.4, 0.5) is 5.82 Å². The van der Waals surface area contributed by atoms with E-state index in [0.717, 1.165) is 55.3 Å². The SMILES string of the molecule is COC(=O)C1CC1COc1cnc2ccc(=O)n(CCC34CCC(CC3)C(NCc3ccc5c(n3)NC(=O)CO5)CO4)c2c1. The molecule has 2 saturated heterocycles. The van der Waals surface area contributed by atoms with Gasteiger partial charge in [-0.1, -0.05) is 0 Å². The average Bonchev–Trinajstić information content (AvgIpc) is 3.87. The fourth-order valence-corrected chi connectivity index (χ4v) is 6.85. The second-order valence-electron chi connectivity index (χ2n) is 12.4. The molecule has 1 amide bonds. The number of carbonyl (C=O) groups excluding carboxylic acids is 2. The molecule has 0 aromatic carbocycles. The zero-order valence-corrected chi connectivity index (χ0v) is 24.8. The smallest absolute Gasteiger partial charge is 0.309 e. The van der Waals surface area contributed by atoms with Crippen LogP contribution in [0.3, 0.4) is 0 Å². The molecule has 2 N–H and O–H groups in total. The molecule has 8 rings (SSSR count). The molecule has 44 heavy (non-hydrogen) atoms. The van der Waals surface area contributed by atoms with E-state index >= 15 is 0 Å². The summed E-state index contributed by atoms with van der Waals surface area (Å²) in [5.41, 5.74) is 1.92. The largest absolute Gasteiger partial charge is 0.492 e. The van der Waals surface area contributed by atoms with Gasteiger partial charge in [-0.05, 0) is 62.6 Å². The number of aryl methyl sites for hydroxylation is 1. The first-order chi connectivity index (χ1) is 21.4. The number of anilines is 1. The van der Waals surface area contributed by atoms with Gasteiger partial charge in [0.15, 0.2) is 18.2 Å². The molecule has 3 aliphatic heterocycles. The van der Waals surface area contributed by atoms with Gasteiger partial charge in [-0.25, -0.2) is 4.98 Å². The number of methoxy groups -OCH3 is 1. The number of ether oxygens (including phenoxy) is 4. The van der Waals surface area contributed by atoms with Gasteiger partial charge in [0.25, 0.3) is 11.5 Å². The molecule has 5 aliphatic rings. The minimum atomic E-state index is -0.281. The number of amides is 1. The second kappa shape index (κ2) is 11.8. The number of hydrogen-bond donors (Lipinski definition) is 2. The van der Waals surface area contributed by atoms with Gasteiger partial charge in [-0.15, -0.1) is 0 Å². The van der Waals surface area contributed by atoms with Crippen molar-refractivity contribution >= 4 is 28.7 Å². The number of fused-ring (bicyclic) bond motifs is 6. The summed E-state index contributed by atoms with van der Waals surface area (Å²) in [4.78, 5) is 45.6. The minimum Gasteiger partial charge on any atom is -0.492 e. The Labute approximate surface area is 254 Å². The van der Waals surface area contributed by atoms with Crippen molar-refractivity contribution in [2.75, 3.05) is 32.2 Å². The summed E-state index contributed by atoms with van der Waals surface area (Å²) < 4.78 is 24.6. The molecule has 0 radical (unpaired) electrons. The van der Waals surface area contributed by atoms with Crippen molar-refractivity contribution in [3.05, 3.63) is 52.6 Å². The maximum absolute atomic E-state index is 13.0. The lowest BCUT2D eigenvalue weighted by molar-refractivity contribution is -0.142. The highest BCUT2D eigenvalue weighted by Crippen LogP contribution is 2.43. The van der Waals surface area contributed by atoms with E-state index in [-0.39, 0.29) is 47.5 Å². The third kappa shape index (κ3) is 5.88. The molecule has 3 unspecified atom stereocenters. The van der Waals surface area contributed by atoms with Crippen molar-refractivity contribution in [1.82, 2.24) is 19.9 Å². The normalized spacial score (nSPS) is 27.2. The molecule has 232 valence electrons. The van der Waals surface area contributed by atoms with Gasteiger partial charge in [0.2, 0.25) is 0 Å². The first-order valence-electron chi connectivity index (χ1n) is 15.4. The van der Waals surface area contributed by atoms with Crippen LogP contribution in [0, 0.1) is 17.8 Å². The Morgan fingerprint density at radius 1 is 1.20 bits per heavy atom. The van der Waals surface area contributed by atoms with Gasteiger partial charge in [0.05, 0.1) is 54.8 Å². The summed E-state index contributed by atoms with van der Waals surface area (Å²) in [6.45, 7) is 2.09. The van der Waals surface area contributed by atoms with E-state index in [4.69, 9.17) is 18.9 Å². The number of carbonyl (C=O) groups is 2. The molecular weight excluding hydrogens is 566 g/mol. The summed E-state index contributed by atoms with van der Waals surface area (Å²) in [7, 11) is 1.40. The predicted molar refractivity (Wildman–Crippen MR) is 159 cm³/mol. The van der Waals surface area contributed by atoms with Crippen LogP contribution in [0.25, 0.3) is 11.0 Å². The number of esters is 1. The van der Waals surface area contributed by atoms with Crippen molar-refractivity contribution in [2.24, 2.45) is 17.8 Å². The summed E-state index contributed by atoms with van der Waals surface area (Å²) in [5, 5.41) is 6.41. The van der Waals surface area contributed by atoms with Gasteiger partial charge >= 0.3 is 5.97 Å². The van der Waals surface area contributed by atoms with Crippen molar-refractivity contribution in [1.29, 1.82) is 0 Å². The molecule has 0 spiro atoms. The first-order valence-corrected chi connectivity index (χ1v) is 15.4. The maximum Gasteiger partial charge on any atom is 0.309 e. The van der Waals surface area contributed by atoms with E-state index in [2.05, 4.69) is 20.6 Å². The van der Waals surface area contributed by atoms with Crippen molar-refractivity contribution in [3.8, 4) is 11.5 Å². The number of pyridine rings is 3. The van der Waals surface area contributed by atoms with Crippen molar-refractivity contribution in [3.63, 3.8) is 0 Å². The van der Waals surface area contributed by atoms with Crippen LogP contribution in [-0.2, 0) is 32.2 Å². The first kappa shape index (κ1) is 28.7. The van der Waals surface area contributed by atoms with E-state index in [1.807, 2.05) is 18.2 Å². The lowest BCUT2D eigenvalue weighted by Gasteiger charge is -2.36. The molecule has 3 aromatic rings. The molecule has 3 aromatic heterocycles. The zero-order chi connectivity index (χ0) is 30.3. The van der Waals surface area contributed by atoms with E-state index < -0.39 is 0 Å². The Balaban J connectivity index is 0.985. The highest BCUT2D eigenvalue weighted by atomic mass is 16.5. The van der Waals surface area contributed by atoms with E-state index in [1.165, 1.54) is 7.11 Å². The van der Waals surface area contributed by atoms with E-state index in [9.17, 15) is 14.4 Å². The average molecular weight is 604 g/mol. The number of hydrogen-bond acceptors (Lipinski definition) is 10. The summed E-state index contributed by atoms with van der Waals surface area (Å²) in [6, 6.07) is 9.13. The number of rotatable bonds is 10. The van der Waals surface area contributed by atoms with Crippen molar-refractivity contribution in [2.45, 2.75) is 63.3 Å². The van der Waals surface area contributed by atoms with Crippen molar-refractivity contribution < 1.29 is 28.5 Å². The number of nitrogens with zero attached hydrogens (tertiary/aromatic N) is 3. The summed E-state index contributed by atoms with van der Waals surface area (Å²) in [5.74, 6) is 1.77. The molecule has 3 atom stereocenters. The lowest BCUT2D eigenvalue weighted by Crippen LogP contribution is -2.38. The monoisotopic (exact) mass is 603 g/mol. The summed E-state index contributed by atoms with van der Waals surface area (Å²) >= 11 is 0. The van der Waals surface area contributed by atoms with Gasteiger partial charge in [0.1, 0.15) is 5.75 Å². The van der Waals surface area contributed by atoms with Crippen LogP contribution < -0.4 is 25.7 Å². The van der Waals surface area contributed by atoms with Crippen LogP contribution in [0.1, 0.15) is 44.2 Å². The minimum absolute atomic E-state index is 0.0110. The molecule has 12 heteroatoms. The van der Waals surface area contributed by atoms with Gasteiger partial charge in [-0.3, -0.25) is 19.4 Å². The molecular formula is C32H37N5O7. The third-order valence-electron chi connectivity index (χ3n) is 9.65. The molecule has 2 saturated carbocycles. The quantitative estimate of drug-likeness (QED) is 0.332. The Hall–Kier alpha value is -4.03. The lowest BCUT2D eigenvalue weighted by atomic mass is 9.76.